The summed E-state index contributed by atoms with van der Waals surface area (Å²) < 4.78 is 68.7. The van der Waals surface area contributed by atoms with Crippen molar-refractivity contribution in [2.45, 2.75) is 459 Å². The van der Waals surface area contributed by atoms with Gasteiger partial charge in [-0.3, -0.25) is 37.3 Å². The molecular weight excluding hydrogens is 1350 g/mol. The number of rotatable bonds is 82. The molecule has 0 fully saturated rings. The molecular formula is C85H166O17P2. The second kappa shape index (κ2) is 73.8. The Kier molecular flexibility index (Phi) is 72.5. The minimum Gasteiger partial charge on any atom is -0.462 e. The first-order chi connectivity index (χ1) is 50.2. The number of carbonyl (C=O) groups excluding carboxylic acids is 4. The molecule has 0 saturated heterocycles. The van der Waals surface area contributed by atoms with Crippen LogP contribution in [-0.2, 0) is 65.4 Å². The van der Waals surface area contributed by atoms with E-state index in [0.717, 1.165) is 108 Å². The van der Waals surface area contributed by atoms with Crippen molar-refractivity contribution in [2.75, 3.05) is 39.6 Å². The number of aliphatic hydroxyl groups is 1. The van der Waals surface area contributed by atoms with Gasteiger partial charge in [0.05, 0.1) is 26.4 Å². The van der Waals surface area contributed by atoms with E-state index in [-0.39, 0.29) is 25.7 Å². The zero-order valence-corrected chi connectivity index (χ0v) is 70.5. The van der Waals surface area contributed by atoms with Crippen LogP contribution in [0.2, 0.25) is 0 Å². The van der Waals surface area contributed by atoms with Gasteiger partial charge in [-0.2, -0.15) is 0 Å². The fraction of sp³-hybridized carbons (Fsp3) is 0.953. The summed E-state index contributed by atoms with van der Waals surface area (Å²) >= 11 is 0. The molecule has 0 aliphatic rings. The zero-order chi connectivity index (χ0) is 76.7. The fourth-order valence-corrected chi connectivity index (χ4v) is 14.7. The molecule has 5 unspecified atom stereocenters. The van der Waals surface area contributed by atoms with E-state index in [1.165, 1.54) is 244 Å². The van der Waals surface area contributed by atoms with Crippen molar-refractivity contribution in [3.63, 3.8) is 0 Å². The summed E-state index contributed by atoms with van der Waals surface area (Å²) in [4.78, 5) is 73.0. The summed E-state index contributed by atoms with van der Waals surface area (Å²) in [7, 11) is -9.92. The van der Waals surface area contributed by atoms with Crippen molar-refractivity contribution in [1.29, 1.82) is 0 Å². The van der Waals surface area contributed by atoms with E-state index in [9.17, 15) is 43.2 Å². The smallest absolute Gasteiger partial charge is 0.462 e. The van der Waals surface area contributed by atoms with Crippen molar-refractivity contribution in [1.82, 2.24) is 0 Å². The van der Waals surface area contributed by atoms with E-state index in [4.69, 9.17) is 37.0 Å². The summed E-state index contributed by atoms with van der Waals surface area (Å²) in [5.74, 6) is 1.02. The summed E-state index contributed by atoms with van der Waals surface area (Å²) in [6.45, 7) is 14.3. The lowest BCUT2D eigenvalue weighted by Crippen LogP contribution is -2.30. The molecule has 0 aliphatic heterocycles. The average molecular weight is 1520 g/mol. The first kappa shape index (κ1) is 102. The molecule has 0 aromatic rings. The third-order valence-corrected chi connectivity index (χ3v) is 22.4. The van der Waals surface area contributed by atoms with E-state index < -0.39 is 97.5 Å². The molecule has 0 heterocycles. The summed E-state index contributed by atoms with van der Waals surface area (Å²) in [5, 5.41) is 10.6. The van der Waals surface area contributed by atoms with Crippen molar-refractivity contribution < 1.29 is 80.2 Å². The van der Waals surface area contributed by atoms with Gasteiger partial charge in [-0.1, -0.05) is 389 Å². The van der Waals surface area contributed by atoms with Crippen LogP contribution in [0, 0.1) is 23.7 Å². The molecule has 0 radical (unpaired) electrons. The van der Waals surface area contributed by atoms with E-state index >= 15 is 0 Å². The van der Waals surface area contributed by atoms with Crippen LogP contribution in [-0.4, -0.2) is 96.7 Å². The highest BCUT2D eigenvalue weighted by atomic mass is 31.2. The number of ether oxygens (including phenoxy) is 4. The SMILES string of the molecule is CCC(C)CCCCCCCCCCCCCCCCCCCCC(=O)OC[C@H](COP(=O)(O)OCC(O)COP(=O)(O)OC[C@@H](COC(=O)CCCCCCCCCCC(C)C)OC(=O)CCCCCCCCC(C)C)OC(=O)CCCCCCCCCCCCCCCCCCCCC(C)CC. The van der Waals surface area contributed by atoms with Gasteiger partial charge >= 0.3 is 39.5 Å². The highest BCUT2D eigenvalue weighted by Gasteiger charge is 2.30. The van der Waals surface area contributed by atoms with Crippen LogP contribution in [0.4, 0.5) is 0 Å². The Labute approximate surface area is 638 Å². The fourth-order valence-electron chi connectivity index (χ4n) is 13.1. The lowest BCUT2D eigenvalue weighted by molar-refractivity contribution is -0.161. The molecule has 0 amide bonds. The van der Waals surface area contributed by atoms with Crippen LogP contribution >= 0.6 is 15.6 Å². The standard InChI is InChI=1S/C85H166O17P2/c1-9-77(7)63-55-47-38-31-27-23-19-15-11-13-17-21-25-29-33-40-49-57-65-82(87)95-71-80(101-84(89)67-59-51-42-34-30-26-22-18-14-12-16-20-24-28-32-39-48-56-64-78(8)10-2)73-99-103(91,92)97-69-79(86)70-98-104(93,94)100-74-81(102-85(90)68-60-52-44-43-46-54-62-76(5)6)72-96-83(88)66-58-50-41-36-35-37-45-53-61-75(3)4/h75-81,86H,9-74H2,1-8H3,(H,91,92)(H,93,94)/t77?,78?,79?,80-,81-/m1/s1. The maximum atomic E-state index is 13.1. The van der Waals surface area contributed by atoms with E-state index in [1.807, 2.05) is 0 Å². The summed E-state index contributed by atoms with van der Waals surface area (Å²) in [6, 6.07) is 0. The number of phosphoric acid groups is 2. The number of phosphoric ester groups is 2. The van der Waals surface area contributed by atoms with E-state index in [0.29, 0.717) is 31.6 Å². The Morgan fingerprint density at radius 3 is 0.683 bits per heavy atom. The molecule has 19 heteroatoms. The van der Waals surface area contributed by atoms with Crippen molar-refractivity contribution in [2.24, 2.45) is 23.7 Å². The van der Waals surface area contributed by atoms with Gasteiger partial charge in [0.25, 0.3) is 0 Å². The van der Waals surface area contributed by atoms with Gasteiger partial charge < -0.3 is 33.8 Å². The van der Waals surface area contributed by atoms with E-state index in [2.05, 4.69) is 55.4 Å². The number of hydrogen-bond acceptors (Lipinski definition) is 15. The van der Waals surface area contributed by atoms with Gasteiger partial charge in [0.2, 0.25) is 0 Å². The third kappa shape index (κ3) is 75.5. The predicted octanol–water partition coefficient (Wildman–Crippen LogP) is 25.6. The van der Waals surface area contributed by atoms with Gasteiger partial charge in [-0.15, -0.1) is 0 Å². The van der Waals surface area contributed by atoms with Crippen molar-refractivity contribution >= 4 is 39.5 Å². The van der Waals surface area contributed by atoms with Crippen LogP contribution in [0.15, 0.2) is 0 Å². The monoisotopic (exact) mass is 1520 g/mol. The molecule has 0 spiro atoms. The summed E-state index contributed by atoms with van der Waals surface area (Å²) in [5.41, 5.74) is 0. The minimum absolute atomic E-state index is 0.102. The summed E-state index contributed by atoms with van der Waals surface area (Å²) in [6.07, 6.45) is 62.9. The normalized spacial score (nSPS) is 14.5. The average Bonchev–Trinajstić information content (AvgIpc) is 0.915. The Balaban J connectivity index is 5.17. The largest absolute Gasteiger partial charge is 0.472 e. The van der Waals surface area contributed by atoms with Crippen LogP contribution in [0.25, 0.3) is 0 Å². The first-order valence-electron chi connectivity index (χ1n) is 43.8. The van der Waals surface area contributed by atoms with Gasteiger partial charge in [-0.25, -0.2) is 9.13 Å². The topological polar surface area (TPSA) is 237 Å². The lowest BCUT2D eigenvalue weighted by atomic mass is 9.99. The Morgan fingerprint density at radius 2 is 0.462 bits per heavy atom. The van der Waals surface area contributed by atoms with Gasteiger partial charge in [-0.05, 0) is 49.4 Å². The zero-order valence-electron chi connectivity index (χ0n) is 68.7. The second-order valence-electron chi connectivity index (χ2n) is 32.0. The molecule has 7 atom stereocenters. The third-order valence-electron chi connectivity index (χ3n) is 20.5. The minimum atomic E-state index is -4.97. The Hall–Kier alpha value is -1.94. The molecule has 3 N–H and O–H groups in total. The molecule has 0 rings (SSSR count). The van der Waals surface area contributed by atoms with Crippen LogP contribution < -0.4 is 0 Å². The Bertz CT molecular complexity index is 2030. The van der Waals surface area contributed by atoms with Gasteiger partial charge in [0, 0.05) is 25.7 Å². The second-order valence-corrected chi connectivity index (χ2v) is 34.9. The molecule has 0 saturated carbocycles. The molecule has 0 aromatic carbocycles. The van der Waals surface area contributed by atoms with Crippen LogP contribution in [0.5, 0.6) is 0 Å². The number of esters is 4. The first-order valence-corrected chi connectivity index (χ1v) is 46.8. The van der Waals surface area contributed by atoms with Crippen LogP contribution in [0.1, 0.15) is 441 Å². The van der Waals surface area contributed by atoms with Gasteiger partial charge in [0.15, 0.2) is 12.2 Å². The Morgan fingerprint density at radius 1 is 0.269 bits per heavy atom. The molecule has 104 heavy (non-hydrogen) atoms. The molecule has 0 aromatic heterocycles. The maximum absolute atomic E-state index is 13.1. The predicted molar refractivity (Wildman–Crippen MR) is 428 cm³/mol. The number of hydrogen-bond donors (Lipinski definition) is 3. The highest BCUT2D eigenvalue weighted by Crippen LogP contribution is 2.45. The maximum Gasteiger partial charge on any atom is 0.472 e. The van der Waals surface area contributed by atoms with Crippen molar-refractivity contribution in [3.8, 4) is 0 Å². The van der Waals surface area contributed by atoms with E-state index in [1.54, 1.807) is 0 Å². The molecule has 0 bridgehead atoms. The number of unbranched alkanes of at least 4 members (excludes halogenated alkanes) is 46. The number of carbonyl (C=O) groups is 4. The molecule has 17 nitrogen and oxygen atoms in total. The molecule has 618 valence electrons. The lowest BCUT2D eigenvalue weighted by Gasteiger charge is -2.21. The quantitative estimate of drug-likeness (QED) is 0.0222. The van der Waals surface area contributed by atoms with Crippen molar-refractivity contribution in [3.05, 3.63) is 0 Å². The highest BCUT2D eigenvalue weighted by molar-refractivity contribution is 7.47. The van der Waals surface area contributed by atoms with Crippen LogP contribution in [0.3, 0.4) is 0 Å². The number of aliphatic hydroxyl groups excluding tert-OH is 1. The van der Waals surface area contributed by atoms with Gasteiger partial charge in [0.1, 0.15) is 19.3 Å². The molecule has 0 aliphatic carbocycles.